The van der Waals surface area contributed by atoms with Crippen LogP contribution in [0.5, 0.6) is 0 Å². The Balaban J connectivity index is 4.26. The van der Waals surface area contributed by atoms with E-state index in [1.54, 1.807) is 0 Å². The number of nitrogens with zero attached hydrogens (tertiary/aromatic N) is 1. The van der Waals surface area contributed by atoms with Gasteiger partial charge in [0.15, 0.2) is 8.07 Å². The largest absolute Gasteiger partial charge is 0.256 e. The lowest BCUT2D eigenvalue weighted by atomic mass is 10.9. The van der Waals surface area contributed by atoms with E-state index in [9.17, 15) is 0 Å². The third-order valence-corrected chi connectivity index (χ3v) is 3.65. The molecule has 0 rings (SSSR count). The van der Waals surface area contributed by atoms with E-state index in [4.69, 9.17) is 0 Å². The van der Waals surface area contributed by atoms with Gasteiger partial charge in [0.05, 0.1) is 0 Å². The van der Waals surface area contributed by atoms with Crippen LogP contribution in [-0.4, -0.2) is 20.1 Å². The van der Waals surface area contributed by atoms with Crippen molar-refractivity contribution in [2.24, 2.45) is 0 Å². The number of hydrogen-bond donors (Lipinski definition) is 0. The first-order chi connectivity index (χ1) is 3.48. The summed E-state index contributed by atoms with van der Waals surface area (Å²) in [5.74, 6) is 0. The summed E-state index contributed by atoms with van der Waals surface area (Å²) in [6.07, 6.45) is 0. The fourth-order valence-corrected chi connectivity index (χ4v) is 0.712. The van der Waals surface area contributed by atoms with E-state index in [0.717, 1.165) is 0 Å². The Labute approximate surface area is 52.2 Å². The summed E-state index contributed by atoms with van der Waals surface area (Å²) in [4.78, 5) is 0. The molecule has 8 heavy (non-hydrogen) atoms. The summed E-state index contributed by atoms with van der Waals surface area (Å²) in [7, 11) is -1.07. The standard InChI is InChI=1S/C6H14NSi/c1-6(7-2)8(3,4)5/h2H2,1,3-5H3/q+1. The highest BCUT2D eigenvalue weighted by molar-refractivity contribution is 7.04. The maximum atomic E-state index is 3.89. The molecule has 0 bridgehead atoms. The van der Waals surface area contributed by atoms with E-state index < -0.39 is 8.07 Å². The summed E-state index contributed by atoms with van der Waals surface area (Å²) >= 11 is 0. The van der Waals surface area contributed by atoms with Crippen molar-refractivity contribution < 1.29 is 0 Å². The van der Waals surface area contributed by atoms with Crippen molar-refractivity contribution in [3.05, 3.63) is 0 Å². The topological polar surface area (TPSA) is 14.1 Å². The van der Waals surface area contributed by atoms with Crippen LogP contribution in [0, 0.1) is 0 Å². The van der Waals surface area contributed by atoms with E-state index in [1.165, 1.54) is 5.33 Å². The fourth-order valence-electron chi connectivity index (χ4n) is 0.237. The molecule has 0 aliphatic heterocycles. The van der Waals surface area contributed by atoms with Crippen molar-refractivity contribution in [2.75, 3.05) is 0 Å². The maximum Gasteiger partial charge on any atom is 0.256 e. The molecule has 0 aromatic carbocycles. The first kappa shape index (κ1) is 7.67. The zero-order valence-electron chi connectivity index (χ0n) is 6.15. The van der Waals surface area contributed by atoms with Crippen molar-refractivity contribution in [3.63, 3.8) is 0 Å². The normalized spacial score (nSPS) is 10.5. The lowest BCUT2D eigenvalue weighted by Gasteiger charge is -2.02. The average Bonchev–Trinajstić information content (AvgIpc) is 1.62. The van der Waals surface area contributed by atoms with Gasteiger partial charge in [0.1, 0.15) is 0 Å². The Morgan fingerprint density at radius 2 is 1.75 bits per heavy atom. The molecular weight excluding hydrogens is 114 g/mol. The Morgan fingerprint density at radius 3 is 1.75 bits per heavy atom. The molecule has 0 atom stereocenters. The van der Waals surface area contributed by atoms with Gasteiger partial charge in [-0.25, -0.2) is 0 Å². The summed E-state index contributed by atoms with van der Waals surface area (Å²) in [6, 6.07) is 0. The van der Waals surface area contributed by atoms with Crippen LogP contribution in [0.3, 0.4) is 0 Å². The number of rotatable bonds is 1. The van der Waals surface area contributed by atoms with Gasteiger partial charge < -0.3 is 0 Å². The van der Waals surface area contributed by atoms with Crippen molar-refractivity contribution in [1.82, 2.24) is 4.67 Å². The molecule has 0 aromatic rings. The first-order valence-corrected chi connectivity index (χ1v) is 6.29. The molecule has 0 unspecified atom stereocenters. The highest BCUT2D eigenvalue weighted by Gasteiger charge is 2.25. The predicted octanol–water partition coefficient (Wildman–Crippen LogP) is 1.09. The van der Waals surface area contributed by atoms with Crippen LogP contribution in [0.15, 0.2) is 0 Å². The Morgan fingerprint density at radius 1 is 1.38 bits per heavy atom. The van der Waals surface area contributed by atoms with Gasteiger partial charge in [0.25, 0.3) is 6.72 Å². The molecule has 0 fully saturated rings. The van der Waals surface area contributed by atoms with E-state index >= 15 is 0 Å². The molecule has 46 valence electrons. The molecule has 0 saturated carbocycles. The summed E-state index contributed by atoms with van der Waals surface area (Å²) in [6.45, 7) is 12.3. The minimum atomic E-state index is -1.07. The van der Waals surface area contributed by atoms with Gasteiger partial charge in [-0.05, 0) is 0 Å². The lowest BCUT2D eigenvalue weighted by molar-refractivity contribution is 1.64. The first-order valence-electron chi connectivity index (χ1n) is 2.79. The zero-order chi connectivity index (χ0) is 6.78. The minimum Gasteiger partial charge on any atom is -0.118 e. The van der Waals surface area contributed by atoms with Crippen LogP contribution in [0.25, 0.3) is 0 Å². The Kier molecular flexibility index (Phi) is 2.20. The van der Waals surface area contributed by atoms with Crippen molar-refractivity contribution in [1.29, 1.82) is 0 Å². The monoisotopic (exact) mass is 128 g/mol. The second-order valence-corrected chi connectivity index (χ2v) is 8.22. The molecule has 0 heterocycles. The van der Waals surface area contributed by atoms with Crippen LogP contribution in [-0.2, 0) is 0 Å². The molecule has 0 amide bonds. The second kappa shape index (κ2) is 2.29. The van der Waals surface area contributed by atoms with Gasteiger partial charge in [0.2, 0.25) is 5.33 Å². The van der Waals surface area contributed by atoms with Crippen molar-refractivity contribution in [2.45, 2.75) is 26.6 Å². The highest BCUT2D eigenvalue weighted by atomic mass is 28.3. The Hall–Kier alpha value is -0.333. The van der Waals surface area contributed by atoms with E-state index in [-0.39, 0.29) is 0 Å². The number of hydrogen-bond acceptors (Lipinski definition) is 0. The molecule has 0 aliphatic rings. The molecule has 0 aromatic heterocycles. The third kappa shape index (κ3) is 2.10. The molecule has 0 radical (unpaired) electrons. The summed E-state index contributed by atoms with van der Waals surface area (Å²) < 4.78 is 3.89. The van der Waals surface area contributed by atoms with Crippen LogP contribution < -0.4 is 4.67 Å². The van der Waals surface area contributed by atoms with E-state index in [1.807, 2.05) is 0 Å². The van der Waals surface area contributed by atoms with E-state index in [2.05, 4.69) is 38.0 Å². The predicted molar refractivity (Wildman–Crippen MR) is 43.3 cm³/mol. The molecule has 0 spiro atoms. The summed E-state index contributed by atoms with van der Waals surface area (Å²) in [5, 5.41) is 1.23. The smallest absolute Gasteiger partial charge is 0.118 e. The summed E-state index contributed by atoms with van der Waals surface area (Å²) in [5.41, 5.74) is 0. The van der Waals surface area contributed by atoms with Gasteiger partial charge in [-0.1, -0.05) is 19.6 Å². The minimum absolute atomic E-state index is 1.07. The van der Waals surface area contributed by atoms with Crippen molar-refractivity contribution >= 4 is 20.1 Å². The van der Waals surface area contributed by atoms with Gasteiger partial charge in [-0.2, -0.15) is 0 Å². The third-order valence-electron chi connectivity index (χ3n) is 1.32. The van der Waals surface area contributed by atoms with Crippen LogP contribution in [0.4, 0.5) is 0 Å². The fraction of sp³-hybridized carbons (Fsp3) is 0.667. The maximum absolute atomic E-state index is 3.89. The molecular formula is C6H14NSi+. The SMILES string of the molecule is C=[N+]=C(C)[Si](C)(C)C. The van der Waals surface area contributed by atoms with Crippen LogP contribution >= 0.6 is 0 Å². The molecule has 2 heteroatoms. The molecule has 0 aliphatic carbocycles. The van der Waals surface area contributed by atoms with Gasteiger partial charge in [-0.15, -0.1) is 4.67 Å². The molecule has 0 N–H and O–H groups in total. The van der Waals surface area contributed by atoms with Gasteiger partial charge in [-0.3, -0.25) is 0 Å². The van der Waals surface area contributed by atoms with Gasteiger partial charge in [0, 0.05) is 6.92 Å². The highest BCUT2D eigenvalue weighted by Crippen LogP contribution is 1.99. The zero-order valence-corrected chi connectivity index (χ0v) is 7.15. The Bertz CT molecular complexity index is 126. The van der Waals surface area contributed by atoms with Crippen molar-refractivity contribution in [3.8, 4) is 0 Å². The average molecular weight is 128 g/mol. The molecule has 0 saturated heterocycles. The molecule has 1 nitrogen and oxygen atoms in total. The van der Waals surface area contributed by atoms with Crippen LogP contribution in [0.1, 0.15) is 6.92 Å². The lowest BCUT2D eigenvalue weighted by Crippen LogP contribution is -2.32. The van der Waals surface area contributed by atoms with Crippen LogP contribution in [0.2, 0.25) is 19.6 Å². The van der Waals surface area contributed by atoms with E-state index in [0.29, 0.717) is 0 Å². The second-order valence-electron chi connectivity index (χ2n) is 2.99. The van der Waals surface area contributed by atoms with Gasteiger partial charge >= 0.3 is 0 Å². The quantitative estimate of drug-likeness (QED) is 0.285.